The number of aryl methyl sites for hydroxylation is 1. The molecule has 1 unspecified atom stereocenters. The second-order valence-corrected chi connectivity index (χ2v) is 7.78. The summed E-state index contributed by atoms with van der Waals surface area (Å²) < 4.78 is 27.3. The van der Waals surface area contributed by atoms with Gasteiger partial charge >= 0.3 is 0 Å². The third-order valence-electron chi connectivity index (χ3n) is 4.00. The number of nitrogens with two attached hydrogens (primary N) is 1. The molecule has 0 saturated carbocycles. The van der Waals surface area contributed by atoms with Crippen LogP contribution in [0, 0.1) is 0 Å². The van der Waals surface area contributed by atoms with Gasteiger partial charge in [0.15, 0.2) is 0 Å². The van der Waals surface area contributed by atoms with Crippen molar-refractivity contribution in [3.05, 3.63) is 23.8 Å². The Morgan fingerprint density at radius 2 is 2.10 bits per heavy atom. The minimum absolute atomic E-state index is 0.0528. The third kappa shape index (κ3) is 3.39. The van der Waals surface area contributed by atoms with Crippen molar-refractivity contribution in [1.82, 2.24) is 9.21 Å². The van der Waals surface area contributed by atoms with Gasteiger partial charge in [0.1, 0.15) is 0 Å². The van der Waals surface area contributed by atoms with Gasteiger partial charge in [-0.2, -0.15) is 4.31 Å². The van der Waals surface area contributed by atoms with Gasteiger partial charge in [0.25, 0.3) is 0 Å². The topological polar surface area (TPSA) is 66.6 Å². The standard InChI is InChI=1S/C15H25N3O2S/c1-4-12-7-8-14(10-15(12)16)21(19,20)18-9-5-6-13(18)11-17(2)3/h7-8,10,13H,4-6,9,11,16H2,1-3H3. The predicted molar refractivity (Wildman–Crippen MR) is 85.7 cm³/mol. The van der Waals surface area contributed by atoms with Crippen LogP contribution in [-0.2, 0) is 16.4 Å². The van der Waals surface area contributed by atoms with E-state index in [9.17, 15) is 8.42 Å². The van der Waals surface area contributed by atoms with Crippen molar-refractivity contribution in [2.75, 3.05) is 32.9 Å². The fourth-order valence-corrected chi connectivity index (χ4v) is 4.64. The molecule has 1 aromatic carbocycles. The Balaban J connectivity index is 2.30. The Labute approximate surface area is 127 Å². The van der Waals surface area contributed by atoms with E-state index in [0.29, 0.717) is 17.1 Å². The zero-order chi connectivity index (χ0) is 15.6. The quantitative estimate of drug-likeness (QED) is 0.838. The molecule has 5 nitrogen and oxygen atoms in total. The maximum atomic E-state index is 12.8. The molecular formula is C15H25N3O2S. The lowest BCUT2D eigenvalue weighted by Crippen LogP contribution is -2.41. The van der Waals surface area contributed by atoms with Crippen molar-refractivity contribution >= 4 is 15.7 Å². The minimum Gasteiger partial charge on any atom is -0.398 e. The molecule has 1 saturated heterocycles. The van der Waals surface area contributed by atoms with Crippen LogP contribution in [0.15, 0.2) is 23.1 Å². The number of sulfonamides is 1. The summed E-state index contributed by atoms with van der Waals surface area (Å²) in [4.78, 5) is 2.34. The average molecular weight is 311 g/mol. The van der Waals surface area contributed by atoms with Crippen molar-refractivity contribution in [1.29, 1.82) is 0 Å². The predicted octanol–water partition coefficient (Wildman–Crippen LogP) is 1.55. The number of nitrogens with zero attached hydrogens (tertiary/aromatic N) is 2. The zero-order valence-corrected chi connectivity index (χ0v) is 13.9. The second kappa shape index (κ2) is 6.34. The van der Waals surface area contributed by atoms with Crippen molar-refractivity contribution in [2.45, 2.75) is 37.1 Å². The van der Waals surface area contributed by atoms with Crippen LogP contribution >= 0.6 is 0 Å². The van der Waals surface area contributed by atoms with Gasteiger partial charge in [-0.3, -0.25) is 0 Å². The molecule has 118 valence electrons. The summed E-state index contributed by atoms with van der Waals surface area (Å²) in [6.07, 6.45) is 2.64. The minimum atomic E-state index is -3.45. The summed E-state index contributed by atoms with van der Waals surface area (Å²) in [5.41, 5.74) is 7.50. The van der Waals surface area contributed by atoms with Crippen molar-refractivity contribution in [3.8, 4) is 0 Å². The molecule has 0 radical (unpaired) electrons. The summed E-state index contributed by atoms with van der Waals surface area (Å²) in [7, 11) is 0.484. The number of nitrogen functional groups attached to an aromatic ring is 1. The first-order valence-corrected chi connectivity index (χ1v) is 8.85. The lowest BCUT2D eigenvalue weighted by molar-refractivity contribution is 0.291. The van der Waals surface area contributed by atoms with E-state index in [1.54, 1.807) is 16.4 Å². The summed E-state index contributed by atoms with van der Waals surface area (Å²) in [6, 6.07) is 5.14. The Kier molecular flexibility index (Phi) is 4.91. The highest BCUT2D eigenvalue weighted by atomic mass is 32.2. The van der Waals surface area contributed by atoms with Gasteiger partial charge in [0, 0.05) is 24.8 Å². The summed E-state index contributed by atoms with van der Waals surface area (Å²) in [5, 5.41) is 0. The molecule has 0 bridgehead atoms. The molecular weight excluding hydrogens is 286 g/mol. The molecule has 1 fully saturated rings. The van der Waals surface area contributed by atoms with E-state index in [2.05, 4.69) is 0 Å². The van der Waals surface area contributed by atoms with Gasteiger partial charge < -0.3 is 10.6 Å². The zero-order valence-electron chi connectivity index (χ0n) is 13.0. The highest BCUT2D eigenvalue weighted by molar-refractivity contribution is 7.89. The van der Waals surface area contributed by atoms with Gasteiger partial charge in [0.05, 0.1) is 4.90 Å². The van der Waals surface area contributed by atoms with E-state index in [4.69, 9.17) is 5.73 Å². The van der Waals surface area contributed by atoms with E-state index < -0.39 is 10.0 Å². The number of hydrogen-bond donors (Lipinski definition) is 1. The number of hydrogen-bond acceptors (Lipinski definition) is 4. The molecule has 0 amide bonds. The highest BCUT2D eigenvalue weighted by Crippen LogP contribution is 2.28. The molecule has 0 spiro atoms. The Morgan fingerprint density at radius 3 is 2.67 bits per heavy atom. The van der Waals surface area contributed by atoms with Crippen LogP contribution < -0.4 is 5.73 Å². The van der Waals surface area contributed by atoms with Crippen LogP contribution in [0.3, 0.4) is 0 Å². The Morgan fingerprint density at radius 1 is 1.38 bits per heavy atom. The summed E-state index contributed by atoms with van der Waals surface area (Å²) in [6.45, 7) is 3.35. The monoisotopic (exact) mass is 311 g/mol. The number of likely N-dealkylation sites (N-methyl/N-ethyl adjacent to an activating group) is 1. The Hall–Kier alpha value is -1.11. The Bertz CT molecular complexity index is 599. The van der Waals surface area contributed by atoms with Crippen LogP contribution in [0.4, 0.5) is 5.69 Å². The molecule has 21 heavy (non-hydrogen) atoms. The lowest BCUT2D eigenvalue weighted by atomic mass is 10.1. The normalized spacial score (nSPS) is 20.3. The van der Waals surface area contributed by atoms with E-state index in [1.165, 1.54) is 0 Å². The second-order valence-electron chi connectivity index (χ2n) is 5.89. The average Bonchev–Trinajstić information content (AvgIpc) is 2.86. The summed E-state index contributed by atoms with van der Waals surface area (Å²) in [5.74, 6) is 0. The van der Waals surface area contributed by atoms with Crippen molar-refractivity contribution in [2.24, 2.45) is 0 Å². The molecule has 6 heteroatoms. The van der Waals surface area contributed by atoms with E-state index >= 15 is 0 Å². The van der Waals surface area contributed by atoms with Crippen LogP contribution in [0.1, 0.15) is 25.3 Å². The van der Waals surface area contributed by atoms with Crippen LogP contribution in [0.5, 0.6) is 0 Å². The first-order valence-electron chi connectivity index (χ1n) is 7.41. The number of rotatable bonds is 5. The summed E-state index contributed by atoms with van der Waals surface area (Å²) >= 11 is 0. The lowest BCUT2D eigenvalue weighted by Gasteiger charge is -2.26. The van der Waals surface area contributed by atoms with Gasteiger partial charge in [-0.25, -0.2) is 8.42 Å². The highest BCUT2D eigenvalue weighted by Gasteiger charge is 2.35. The van der Waals surface area contributed by atoms with Crippen molar-refractivity contribution in [3.63, 3.8) is 0 Å². The molecule has 1 atom stereocenters. The van der Waals surface area contributed by atoms with Gasteiger partial charge in [-0.15, -0.1) is 0 Å². The molecule has 1 aliphatic rings. The van der Waals surface area contributed by atoms with Crippen LogP contribution in [0.25, 0.3) is 0 Å². The van der Waals surface area contributed by atoms with E-state index in [0.717, 1.165) is 31.4 Å². The van der Waals surface area contributed by atoms with Crippen molar-refractivity contribution < 1.29 is 8.42 Å². The number of benzene rings is 1. The molecule has 1 aliphatic heterocycles. The maximum absolute atomic E-state index is 12.8. The van der Waals surface area contributed by atoms with E-state index in [1.807, 2.05) is 32.0 Å². The van der Waals surface area contributed by atoms with E-state index in [-0.39, 0.29) is 6.04 Å². The van der Waals surface area contributed by atoms with Crippen LogP contribution in [-0.4, -0.2) is 50.8 Å². The van der Waals surface area contributed by atoms with Gasteiger partial charge in [-0.05, 0) is 51.1 Å². The third-order valence-corrected chi connectivity index (χ3v) is 5.95. The first kappa shape index (κ1) is 16.3. The largest absolute Gasteiger partial charge is 0.398 e. The SMILES string of the molecule is CCc1ccc(S(=O)(=O)N2CCCC2CN(C)C)cc1N. The molecule has 2 rings (SSSR count). The maximum Gasteiger partial charge on any atom is 0.243 e. The molecule has 0 aliphatic carbocycles. The molecule has 1 heterocycles. The fraction of sp³-hybridized carbons (Fsp3) is 0.600. The molecule has 1 aromatic rings. The fourth-order valence-electron chi connectivity index (χ4n) is 2.92. The van der Waals surface area contributed by atoms with Gasteiger partial charge in [-0.1, -0.05) is 13.0 Å². The smallest absolute Gasteiger partial charge is 0.243 e. The molecule has 0 aromatic heterocycles. The molecule has 2 N–H and O–H groups in total. The van der Waals surface area contributed by atoms with Gasteiger partial charge in [0.2, 0.25) is 10.0 Å². The number of anilines is 1. The first-order chi connectivity index (χ1) is 9.86. The van der Waals surface area contributed by atoms with Crippen LogP contribution in [0.2, 0.25) is 0 Å².